The van der Waals surface area contributed by atoms with Gasteiger partial charge in [0.25, 0.3) is 0 Å². The van der Waals surface area contributed by atoms with Gasteiger partial charge < -0.3 is 9.64 Å². The molecule has 4 heteroatoms. The van der Waals surface area contributed by atoms with Gasteiger partial charge in [0, 0.05) is 37.7 Å². The number of fused-ring (bicyclic) bond motifs is 1. The number of hydrogen-bond acceptors (Lipinski definition) is 4. The summed E-state index contributed by atoms with van der Waals surface area (Å²) in [5.41, 5.74) is 2.62. The van der Waals surface area contributed by atoms with Crippen LogP contribution in [0.3, 0.4) is 0 Å². The highest BCUT2D eigenvalue weighted by atomic mass is 16.5. The van der Waals surface area contributed by atoms with E-state index in [1.165, 1.54) is 0 Å². The van der Waals surface area contributed by atoms with Crippen LogP contribution in [-0.2, 0) is 4.74 Å². The number of anilines is 1. The summed E-state index contributed by atoms with van der Waals surface area (Å²) in [4.78, 5) is 6.66. The average Bonchev–Trinajstić information content (AvgIpc) is 2.94. The summed E-state index contributed by atoms with van der Waals surface area (Å²) in [6, 6.07) is 10.3. The summed E-state index contributed by atoms with van der Waals surface area (Å²) >= 11 is 0. The number of nitriles is 1. The monoisotopic (exact) mass is 267 g/mol. The maximum Gasteiger partial charge on any atom is 0.103 e. The molecule has 1 aliphatic rings. The Morgan fingerprint density at radius 2 is 2.30 bits per heavy atom. The van der Waals surface area contributed by atoms with Gasteiger partial charge in [-0.25, -0.2) is 0 Å². The van der Waals surface area contributed by atoms with E-state index in [4.69, 9.17) is 4.74 Å². The van der Waals surface area contributed by atoms with E-state index < -0.39 is 0 Å². The third kappa shape index (κ3) is 2.21. The van der Waals surface area contributed by atoms with Crippen molar-refractivity contribution in [2.75, 3.05) is 31.7 Å². The Balaban J connectivity index is 2.04. The van der Waals surface area contributed by atoms with E-state index in [9.17, 15) is 5.26 Å². The standard InChI is InChI=1S/C16H17N3O/c1-20-11-12-6-7-19(10-12)16-13(8-17)9-18-15-5-3-2-4-14(15)16/h2-5,9,12H,6-7,10-11H2,1H3. The van der Waals surface area contributed by atoms with E-state index in [1.807, 2.05) is 24.3 Å². The molecule has 0 spiro atoms. The Kier molecular flexibility index (Phi) is 3.53. The minimum Gasteiger partial charge on any atom is -0.384 e. The summed E-state index contributed by atoms with van der Waals surface area (Å²) in [5, 5.41) is 10.4. The molecule has 0 saturated carbocycles. The SMILES string of the molecule is COCC1CCN(c2c(C#N)cnc3ccccc23)C1. The second kappa shape index (κ2) is 5.48. The molecule has 1 aromatic carbocycles. The molecule has 0 N–H and O–H groups in total. The first-order valence-corrected chi connectivity index (χ1v) is 6.85. The highest BCUT2D eigenvalue weighted by Gasteiger charge is 2.25. The Hall–Kier alpha value is -2.12. The third-order valence-electron chi connectivity index (χ3n) is 3.87. The molecule has 0 radical (unpaired) electrons. The van der Waals surface area contributed by atoms with Gasteiger partial charge in [0.2, 0.25) is 0 Å². The predicted octanol–water partition coefficient (Wildman–Crippen LogP) is 2.58. The second-order valence-electron chi connectivity index (χ2n) is 5.21. The van der Waals surface area contributed by atoms with Crippen molar-refractivity contribution in [3.63, 3.8) is 0 Å². The molecule has 2 aromatic rings. The number of hydrogen-bond donors (Lipinski definition) is 0. The Morgan fingerprint density at radius 1 is 1.45 bits per heavy atom. The van der Waals surface area contributed by atoms with E-state index >= 15 is 0 Å². The molecular formula is C16H17N3O. The molecule has 3 rings (SSSR count). The number of pyridine rings is 1. The van der Waals surface area contributed by atoms with Crippen LogP contribution in [0.25, 0.3) is 10.9 Å². The molecule has 1 fully saturated rings. The van der Waals surface area contributed by atoms with Crippen LogP contribution in [0.5, 0.6) is 0 Å². The number of aromatic nitrogens is 1. The van der Waals surface area contributed by atoms with Crippen molar-refractivity contribution in [3.05, 3.63) is 36.0 Å². The first-order valence-electron chi connectivity index (χ1n) is 6.85. The molecule has 1 aliphatic heterocycles. The second-order valence-corrected chi connectivity index (χ2v) is 5.21. The fourth-order valence-electron chi connectivity index (χ4n) is 2.96. The largest absolute Gasteiger partial charge is 0.384 e. The normalized spacial score (nSPS) is 18.4. The third-order valence-corrected chi connectivity index (χ3v) is 3.87. The van der Waals surface area contributed by atoms with Crippen LogP contribution in [0.4, 0.5) is 5.69 Å². The van der Waals surface area contributed by atoms with E-state index in [2.05, 4.69) is 16.0 Å². The summed E-state index contributed by atoms with van der Waals surface area (Å²) in [6.07, 6.45) is 2.79. The van der Waals surface area contributed by atoms with Crippen molar-refractivity contribution >= 4 is 16.6 Å². The van der Waals surface area contributed by atoms with Gasteiger partial charge in [-0.1, -0.05) is 18.2 Å². The first kappa shape index (κ1) is 12.9. The lowest BCUT2D eigenvalue weighted by Crippen LogP contribution is -2.22. The Morgan fingerprint density at radius 3 is 3.10 bits per heavy atom. The van der Waals surface area contributed by atoms with Crippen LogP contribution in [0, 0.1) is 17.2 Å². The molecular weight excluding hydrogens is 250 g/mol. The number of benzene rings is 1. The average molecular weight is 267 g/mol. The summed E-state index contributed by atoms with van der Waals surface area (Å²) in [5.74, 6) is 0.540. The molecule has 4 nitrogen and oxygen atoms in total. The van der Waals surface area contributed by atoms with Crippen LogP contribution < -0.4 is 4.90 Å². The zero-order valence-corrected chi connectivity index (χ0v) is 11.5. The van der Waals surface area contributed by atoms with Gasteiger partial charge in [0.15, 0.2) is 0 Å². The Bertz CT molecular complexity index is 662. The molecule has 2 heterocycles. The van der Waals surface area contributed by atoms with Crippen molar-refractivity contribution < 1.29 is 4.74 Å². The van der Waals surface area contributed by atoms with E-state index in [-0.39, 0.29) is 0 Å². The van der Waals surface area contributed by atoms with Crippen LogP contribution in [0.15, 0.2) is 30.5 Å². The fourth-order valence-corrected chi connectivity index (χ4v) is 2.96. The van der Waals surface area contributed by atoms with Crippen LogP contribution in [0.1, 0.15) is 12.0 Å². The molecule has 1 aromatic heterocycles. The first-order chi connectivity index (χ1) is 9.83. The summed E-state index contributed by atoms with van der Waals surface area (Å²) in [6.45, 7) is 2.69. The minimum absolute atomic E-state index is 0.540. The van der Waals surface area contributed by atoms with Gasteiger partial charge in [0.1, 0.15) is 6.07 Å². The number of methoxy groups -OCH3 is 1. The van der Waals surface area contributed by atoms with Crippen molar-refractivity contribution in [2.45, 2.75) is 6.42 Å². The van der Waals surface area contributed by atoms with Crippen molar-refractivity contribution in [3.8, 4) is 6.07 Å². The quantitative estimate of drug-likeness (QED) is 0.857. The highest BCUT2D eigenvalue weighted by Crippen LogP contribution is 2.33. The fraction of sp³-hybridized carbons (Fsp3) is 0.375. The molecule has 0 bridgehead atoms. The van der Waals surface area contributed by atoms with Crippen LogP contribution in [0.2, 0.25) is 0 Å². The molecule has 1 unspecified atom stereocenters. The van der Waals surface area contributed by atoms with Gasteiger partial charge in [-0.05, 0) is 12.5 Å². The summed E-state index contributed by atoms with van der Waals surface area (Å²) in [7, 11) is 1.74. The van der Waals surface area contributed by atoms with Gasteiger partial charge in [-0.15, -0.1) is 0 Å². The minimum atomic E-state index is 0.540. The Labute approximate surface area is 118 Å². The number of nitrogens with zero attached hydrogens (tertiary/aromatic N) is 3. The zero-order valence-electron chi connectivity index (χ0n) is 11.5. The molecule has 0 aliphatic carbocycles. The van der Waals surface area contributed by atoms with E-state index in [0.29, 0.717) is 11.5 Å². The molecule has 1 atom stereocenters. The van der Waals surface area contributed by atoms with Gasteiger partial charge in [-0.2, -0.15) is 5.26 Å². The highest BCUT2D eigenvalue weighted by molar-refractivity contribution is 5.94. The van der Waals surface area contributed by atoms with Crippen LogP contribution in [-0.4, -0.2) is 31.8 Å². The summed E-state index contributed by atoms with van der Waals surface area (Å²) < 4.78 is 5.25. The van der Waals surface area contributed by atoms with Gasteiger partial charge in [0.05, 0.1) is 23.4 Å². The maximum atomic E-state index is 9.37. The van der Waals surface area contributed by atoms with Gasteiger partial charge >= 0.3 is 0 Å². The van der Waals surface area contributed by atoms with Crippen molar-refractivity contribution in [1.29, 1.82) is 5.26 Å². The zero-order chi connectivity index (χ0) is 13.9. The molecule has 0 amide bonds. The smallest absolute Gasteiger partial charge is 0.103 e. The molecule has 1 saturated heterocycles. The van der Waals surface area contributed by atoms with Gasteiger partial charge in [-0.3, -0.25) is 4.98 Å². The topological polar surface area (TPSA) is 49.1 Å². The van der Waals surface area contributed by atoms with Crippen LogP contribution >= 0.6 is 0 Å². The maximum absolute atomic E-state index is 9.37. The molecule has 102 valence electrons. The number of ether oxygens (including phenoxy) is 1. The molecule has 20 heavy (non-hydrogen) atoms. The number of para-hydroxylation sites is 1. The lowest BCUT2D eigenvalue weighted by atomic mass is 10.1. The van der Waals surface area contributed by atoms with Crippen molar-refractivity contribution in [2.24, 2.45) is 5.92 Å². The van der Waals surface area contributed by atoms with Crippen molar-refractivity contribution in [1.82, 2.24) is 4.98 Å². The van der Waals surface area contributed by atoms with E-state index in [1.54, 1.807) is 13.3 Å². The van der Waals surface area contributed by atoms with E-state index in [0.717, 1.165) is 42.7 Å². The predicted molar refractivity (Wildman–Crippen MR) is 78.7 cm³/mol. The number of rotatable bonds is 3. The lowest BCUT2D eigenvalue weighted by molar-refractivity contribution is 0.161. The lowest BCUT2D eigenvalue weighted by Gasteiger charge is -2.21.